The maximum Gasteiger partial charge on any atom is 0.272 e. The van der Waals surface area contributed by atoms with Gasteiger partial charge in [0.1, 0.15) is 18.3 Å². The molecule has 4 rings (SSSR count). The summed E-state index contributed by atoms with van der Waals surface area (Å²) in [4.78, 5) is 25.3. The summed E-state index contributed by atoms with van der Waals surface area (Å²) in [7, 11) is 0. The van der Waals surface area contributed by atoms with Crippen LogP contribution >= 0.6 is 0 Å². The first-order valence-corrected chi connectivity index (χ1v) is 9.20. The highest BCUT2D eigenvalue weighted by atomic mass is 16.5. The summed E-state index contributed by atoms with van der Waals surface area (Å²) in [6.45, 7) is 5.56. The van der Waals surface area contributed by atoms with E-state index in [1.807, 2.05) is 21.7 Å². The minimum atomic E-state index is 0.0271. The highest BCUT2D eigenvalue weighted by Gasteiger charge is 2.25. The van der Waals surface area contributed by atoms with Gasteiger partial charge in [-0.05, 0) is 30.9 Å². The van der Waals surface area contributed by atoms with Crippen LogP contribution in [0.4, 0.5) is 5.69 Å². The molecule has 8 nitrogen and oxygen atoms in total. The number of carbonyl (C=O) groups is 1. The number of ether oxygens (including phenoxy) is 1. The van der Waals surface area contributed by atoms with Crippen molar-refractivity contribution in [2.75, 3.05) is 44.3 Å². The molecule has 0 aromatic carbocycles. The summed E-state index contributed by atoms with van der Waals surface area (Å²) in [5, 5.41) is 4.17. The zero-order chi connectivity index (χ0) is 17.8. The number of piperidine rings is 1. The second kappa shape index (κ2) is 7.82. The van der Waals surface area contributed by atoms with Gasteiger partial charge < -0.3 is 14.5 Å². The maximum absolute atomic E-state index is 12.9. The highest BCUT2D eigenvalue weighted by Crippen LogP contribution is 2.22. The number of likely N-dealkylation sites (tertiary alicyclic amines) is 1. The Morgan fingerprint density at radius 1 is 1.19 bits per heavy atom. The van der Waals surface area contributed by atoms with Gasteiger partial charge in [0.25, 0.3) is 5.91 Å². The SMILES string of the molecule is O=C(c1cc(N2CCOCC2)ccn1)N1CCC(Cn2cncn2)CC1. The lowest BCUT2D eigenvalue weighted by molar-refractivity contribution is 0.0675. The van der Waals surface area contributed by atoms with Crippen LogP contribution in [0, 0.1) is 5.92 Å². The number of morpholine rings is 1. The molecule has 138 valence electrons. The lowest BCUT2D eigenvalue weighted by Gasteiger charge is -2.32. The second-order valence-electron chi connectivity index (χ2n) is 6.85. The second-order valence-corrected chi connectivity index (χ2v) is 6.85. The minimum Gasteiger partial charge on any atom is -0.378 e. The summed E-state index contributed by atoms with van der Waals surface area (Å²) >= 11 is 0. The van der Waals surface area contributed by atoms with Gasteiger partial charge >= 0.3 is 0 Å². The molecule has 0 spiro atoms. The summed E-state index contributed by atoms with van der Waals surface area (Å²) in [5.41, 5.74) is 1.58. The van der Waals surface area contributed by atoms with Crippen LogP contribution in [0.2, 0.25) is 0 Å². The quantitative estimate of drug-likeness (QED) is 0.815. The van der Waals surface area contributed by atoms with E-state index < -0.39 is 0 Å². The molecule has 2 saturated heterocycles. The molecule has 0 unspecified atom stereocenters. The number of pyridine rings is 1. The van der Waals surface area contributed by atoms with E-state index in [0.29, 0.717) is 11.6 Å². The Kier molecular flexibility index (Phi) is 5.10. The van der Waals surface area contributed by atoms with Crippen molar-refractivity contribution >= 4 is 11.6 Å². The molecule has 8 heteroatoms. The smallest absolute Gasteiger partial charge is 0.272 e. The fourth-order valence-corrected chi connectivity index (χ4v) is 3.63. The van der Waals surface area contributed by atoms with Crippen molar-refractivity contribution in [3.63, 3.8) is 0 Å². The molecule has 26 heavy (non-hydrogen) atoms. The van der Waals surface area contributed by atoms with Gasteiger partial charge in [-0.15, -0.1) is 0 Å². The van der Waals surface area contributed by atoms with E-state index in [1.165, 1.54) is 0 Å². The van der Waals surface area contributed by atoms with Crippen molar-refractivity contribution in [3.8, 4) is 0 Å². The molecule has 4 heterocycles. The van der Waals surface area contributed by atoms with E-state index in [4.69, 9.17) is 4.74 Å². The molecule has 2 fully saturated rings. The molecular weight excluding hydrogens is 332 g/mol. The molecule has 2 aliphatic heterocycles. The van der Waals surface area contributed by atoms with Crippen LogP contribution in [0.25, 0.3) is 0 Å². The first-order valence-electron chi connectivity index (χ1n) is 9.20. The van der Waals surface area contributed by atoms with Gasteiger partial charge in [-0.1, -0.05) is 0 Å². The molecule has 0 bridgehead atoms. The Morgan fingerprint density at radius 3 is 2.73 bits per heavy atom. The Labute approximate surface area is 152 Å². The maximum atomic E-state index is 12.9. The first-order chi connectivity index (χ1) is 12.8. The third-order valence-corrected chi connectivity index (χ3v) is 5.15. The first kappa shape index (κ1) is 17.0. The molecule has 2 aromatic heterocycles. The van der Waals surface area contributed by atoms with Gasteiger partial charge in [-0.3, -0.25) is 14.5 Å². The zero-order valence-electron chi connectivity index (χ0n) is 14.8. The number of aromatic nitrogens is 4. The van der Waals surface area contributed by atoms with Gasteiger partial charge in [0, 0.05) is 44.6 Å². The molecule has 2 aromatic rings. The predicted molar refractivity (Wildman–Crippen MR) is 95.9 cm³/mol. The lowest BCUT2D eigenvalue weighted by atomic mass is 9.96. The van der Waals surface area contributed by atoms with Crippen LogP contribution in [0.15, 0.2) is 31.0 Å². The minimum absolute atomic E-state index is 0.0271. The van der Waals surface area contributed by atoms with Gasteiger partial charge in [0.2, 0.25) is 0 Å². The summed E-state index contributed by atoms with van der Waals surface area (Å²) in [6.07, 6.45) is 7.00. The van der Waals surface area contributed by atoms with E-state index in [-0.39, 0.29) is 5.91 Å². The van der Waals surface area contributed by atoms with Crippen molar-refractivity contribution < 1.29 is 9.53 Å². The van der Waals surface area contributed by atoms with Crippen LogP contribution < -0.4 is 4.90 Å². The molecule has 0 aliphatic carbocycles. The van der Waals surface area contributed by atoms with E-state index in [9.17, 15) is 4.79 Å². The highest BCUT2D eigenvalue weighted by molar-refractivity contribution is 5.93. The third-order valence-electron chi connectivity index (χ3n) is 5.15. The van der Waals surface area contributed by atoms with E-state index in [1.54, 1.807) is 18.9 Å². The Balaban J connectivity index is 1.36. The Bertz CT molecular complexity index is 721. The molecule has 2 aliphatic rings. The number of anilines is 1. The van der Waals surface area contributed by atoms with E-state index in [2.05, 4.69) is 20.0 Å². The molecule has 0 N–H and O–H groups in total. The van der Waals surface area contributed by atoms with Gasteiger partial charge in [0.15, 0.2) is 0 Å². The third kappa shape index (κ3) is 3.85. The molecule has 0 saturated carbocycles. The van der Waals surface area contributed by atoms with Crippen LogP contribution in [0.5, 0.6) is 0 Å². The standard InChI is InChI=1S/C18H24N6O2/c25-18(17-11-16(1-4-20-17)22-7-9-26-10-8-22)23-5-2-15(3-6-23)12-24-14-19-13-21-24/h1,4,11,13-15H,2-3,5-10,12H2. The zero-order valence-corrected chi connectivity index (χ0v) is 14.8. The van der Waals surface area contributed by atoms with Crippen LogP contribution in [0.1, 0.15) is 23.3 Å². The molecule has 0 atom stereocenters. The summed E-state index contributed by atoms with van der Waals surface area (Å²) in [5.74, 6) is 0.563. The van der Waals surface area contributed by atoms with Gasteiger partial charge in [-0.2, -0.15) is 5.10 Å². The topological polar surface area (TPSA) is 76.4 Å². The average Bonchev–Trinajstić information content (AvgIpc) is 3.22. The van der Waals surface area contributed by atoms with Gasteiger partial charge in [-0.25, -0.2) is 4.98 Å². The van der Waals surface area contributed by atoms with E-state index >= 15 is 0 Å². The number of carbonyl (C=O) groups excluding carboxylic acids is 1. The predicted octanol–water partition coefficient (Wildman–Crippen LogP) is 1.06. The Hall–Kier alpha value is -2.48. The van der Waals surface area contributed by atoms with E-state index in [0.717, 1.165) is 64.5 Å². The van der Waals surface area contributed by atoms with Crippen LogP contribution in [0.3, 0.4) is 0 Å². The van der Waals surface area contributed by atoms with Crippen molar-refractivity contribution in [2.24, 2.45) is 5.92 Å². The average molecular weight is 356 g/mol. The van der Waals surface area contributed by atoms with Crippen molar-refractivity contribution in [3.05, 3.63) is 36.7 Å². The molecule has 1 amide bonds. The fraction of sp³-hybridized carbons (Fsp3) is 0.556. The van der Waals surface area contributed by atoms with Crippen LogP contribution in [-0.2, 0) is 11.3 Å². The van der Waals surface area contributed by atoms with Crippen molar-refractivity contribution in [1.82, 2.24) is 24.6 Å². The largest absolute Gasteiger partial charge is 0.378 e. The monoisotopic (exact) mass is 356 g/mol. The molecule has 0 radical (unpaired) electrons. The lowest BCUT2D eigenvalue weighted by Crippen LogP contribution is -2.40. The normalized spacial score (nSPS) is 18.9. The Morgan fingerprint density at radius 2 is 2.00 bits per heavy atom. The number of hydrogen-bond acceptors (Lipinski definition) is 6. The number of rotatable bonds is 4. The number of amides is 1. The number of hydrogen-bond donors (Lipinski definition) is 0. The number of nitrogens with zero attached hydrogens (tertiary/aromatic N) is 6. The summed E-state index contributed by atoms with van der Waals surface area (Å²) in [6, 6.07) is 3.88. The van der Waals surface area contributed by atoms with Gasteiger partial charge in [0.05, 0.1) is 13.2 Å². The van der Waals surface area contributed by atoms with Crippen LogP contribution in [-0.4, -0.2) is 69.9 Å². The summed E-state index contributed by atoms with van der Waals surface area (Å²) < 4.78 is 7.27. The van der Waals surface area contributed by atoms with Crippen molar-refractivity contribution in [2.45, 2.75) is 19.4 Å². The molecular formula is C18H24N6O2. The van der Waals surface area contributed by atoms with Crippen molar-refractivity contribution in [1.29, 1.82) is 0 Å². The fourth-order valence-electron chi connectivity index (χ4n) is 3.63.